The number of hydrogen-bond donors (Lipinski definition) is 2. The molecule has 5 rings (SSSR count). The average Bonchev–Trinajstić information content (AvgIpc) is 3.13. The molecule has 30 heavy (non-hydrogen) atoms. The van der Waals surface area contributed by atoms with Gasteiger partial charge in [0.25, 0.3) is 0 Å². The Kier molecular flexibility index (Phi) is 5.33. The molecule has 3 aromatic heterocycles. The second-order valence-corrected chi connectivity index (χ2v) is 8.78. The fraction of sp³-hybridized carbons (Fsp3) is 0.591. The molecule has 1 aliphatic carbocycles. The molecular weight excluding hydrogens is 376 g/mol. The molecule has 2 fully saturated rings. The van der Waals surface area contributed by atoms with E-state index in [4.69, 9.17) is 10.1 Å². The number of anilines is 3. The van der Waals surface area contributed by atoms with Crippen molar-refractivity contribution in [2.75, 3.05) is 36.9 Å². The van der Waals surface area contributed by atoms with Gasteiger partial charge in [0.15, 0.2) is 11.6 Å². The summed E-state index contributed by atoms with van der Waals surface area (Å²) in [5.74, 6) is 3.10. The Balaban J connectivity index is 1.47. The van der Waals surface area contributed by atoms with Crippen LogP contribution in [0.3, 0.4) is 0 Å². The van der Waals surface area contributed by atoms with Crippen LogP contribution in [0.2, 0.25) is 0 Å². The lowest BCUT2D eigenvalue weighted by Gasteiger charge is -2.19. The Hall–Kier alpha value is -2.61. The van der Waals surface area contributed by atoms with Crippen molar-refractivity contribution >= 4 is 23.1 Å². The van der Waals surface area contributed by atoms with Crippen LogP contribution in [0.25, 0.3) is 5.52 Å². The van der Waals surface area contributed by atoms with E-state index in [0.717, 1.165) is 49.3 Å². The van der Waals surface area contributed by atoms with E-state index in [1.165, 1.54) is 49.9 Å². The van der Waals surface area contributed by atoms with Gasteiger partial charge in [-0.1, -0.05) is 13.3 Å². The molecule has 0 spiro atoms. The minimum Gasteiger partial charge on any atom is -0.340 e. The zero-order valence-electron chi connectivity index (χ0n) is 18.1. The molecule has 1 saturated carbocycles. The number of unbranched alkanes of at least 4 members (excludes halogenated alkanes) is 1. The first-order chi connectivity index (χ1) is 14.7. The highest BCUT2D eigenvalue weighted by atomic mass is 15.4. The van der Waals surface area contributed by atoms with Gasteiger partial charge in [-0.05, 0) is 57.8 Å². The van der Waals surface area contributed by atoms with Gasteiger partial charge in [0, 0.05) is 37.3 Å². The maximum absolute atomic E-state index is 4.93. The molecule has 0 unspecified atom stereocenters. The molecule has 1 saturated heterocycles. The highest BCUT2D eigenvalue weighted by molar-refractivity contribution is 5.73. The van der Waals surface area contributed by atoms with Gasteiger partial charge in [-0.3, -0.25) is 5.10 Å². The predicted octanol–water partition coefficient (Wildman–Crippen LogP) is 3.91. The first-order valence-electron chi connectivity index (χ1n) is 11.4. The molecule has 2 aliphatic rings. The lowest BCUT2D eigenvalue weighted by Crippen LogP contribution is -2.24. The van der Waals surface area contributed by atoms with Gasteiger partial charge in [-0.2, -0.15) is 10.1 Å². The fourth-order valence-corrected chi connectivity index (χ4v) is 4.21. The van der Waals surface area contributed by atoms with Crippen molar-refractivity contribution in [3.05, 3.63) is 29.6 Å². The largest absolute Gasteiger partial charge is 0.340 e. The highest BCUT2D eigenvalue weighted by Crippen LogP contribution is 2.39. The summed E-state index contributed by atoms with van der Waals surface area (Å²) in [6.45, 7) is 6.24. The summed E-state index contributed by atoms with van der Waals surface area (Å²) >= 11 is 0. The Morgan fingerprint density at radius 3 is 2.83 bits per heavy atom. The third kappa shape index (κ3) is 4.01. The monoisotopic (exact) mass is 408 g/mol. The van der Waals surface area contributed by atoms with Crippen LogP contribution >= 0.6 is 0 Å². The van der Waals surface area contributed by atoms with Gasteiger partial charge >= 0.3 is 0 Å². The summed E-state index contributed by atoms with van der Waals surface area (Å²) in [4.78, 5) is 9.56. The topological polar surface area (TPSA) is 77.4 Å². The molecule has 8 heteroatoms. The Morgan fingerprint density at radius 1 is 1.23 bits per heavy atom. The first kappa shape index (κ1) is 19.4. The molecule has 3 aromatic rings. The quantitative estimate of drug-likeness (QED) is 0.559. The van der Waals surface area contributed by atoms with E-state index in [2.05, 4.69) is 62.0 Å². The number of hydrogen-bond acceptors (Lipinski definition) is 6. The number of nitrogens with one attached hydrogen (secondary N) is 2. The van der Waals surface area contributed by atoms with Crippen LogP contribution in [0.15, 0.2) is 18.2 Å². The minimum absolute atomic E-state index is 0.650. The molecule has 1 aliphatic heterocycles. The molecule has 4 heterocycles. The summed E-state index contributed by atoms with van der Waals surface area (Å²) < 4.78 is 2.07. The number of aromatic amines is 1. The Bertz CT molecular complexity index is 996. The summed E-state index contributed by atoms with van der Waals surface area (Å²) in [6, 6.07) is 6.41. The predicted molar refractivity (Wildman–Crippen MR) is 120 cm³/mol. The SMILES string of the molecule is CCCCN(C)Cc1ccc2c(Nc3cc(C4CC4)[nH]n3)nc(N3CCCC3)nn12. The third-order valence-corrected chi connectivity index (χ3v) is 6.15. The third-order valence-electron chi connectivity index (χ3n) is 6.15. The summed E-state index contributed by atoms with van der Waals surface area (Å²) in [5.41, 5.74) is 3.40. The van der Waals surface area contributed by atoms with Crippen LogP contribution in [0.1, 0.15) is 62.8 Å². The first-order valence-corrected chi connectivity index (χ1v) is 11.4. The molecule has 2 N–H and O–H groups in total. The van der Waals surface area contributed by atoms with Crippen LogP contribution in [0, 0.1) is 0 Å². The van der Waals surface area contributed by atoms with Gasteiger partial charge < -0.3 is 15.1 Å². The van der Waals surface area contributed by atoms with Crippen LogP contribution in [-0.2, 0) is 6.54 Å². The van der Waals surface area contributed by atoms with Crippen LogP contribution < -0.4 is 10.2 Å². The van der Waals surface area contributed by atoms with Gasteiger partial charge in [0.1, 0.15) is 5.52 Å². The van der Waals surface area contributed by atoms with Gasteiger partial charge in [-0.15, -0.1) is 5.10 Å². The number of rotatable bonds is 9. The van der Waals surface area contributed by atoms with Crippen LogP contribution in [0.4, 0.5) is 17.6 Å². The number of fused-ring (bicyclic) bond motifs is 1. The van der Waals surface area contributed by atoms with Gasteiger partial charge in [0.05, 0.1) is 5.69 Å². The van der Waals surface area contributed by atoms with Crippen molar-refractivity contribution in [3.63, 3.8) is 0 Å². The minimum atomic E-state index is 0.650. The Morgan fingerprint density at radius 2 is 2.07 bits per heavy atom. The lowest BCUT2D eigenvalue weighted by atomic mass is 10.3. The summed E-state index contributed by atoms with van der Waals surface area (Å²) in [7, 11) is 2.18. The van der Waals surface area contributed by atoms with E-state index >= 15 is 0 Å². The maximum Gasteiger partial charge on any atom is 0.245 e. The smallest absolute Gasteiger partial charge is 0.245 e. The average molecular weight is 409 g/mol. The van der Waals surface area contributed by atoms with E-state index in [1.807, 2.05) is 0 Å². The second-order valence-electron chi connectivity index (χ2n) is 8.78. The summed E-state index contributed by atoms with van der Waals surface area (Å²) in [6.07, 6.45) is 7.33. The van der Waals surface area contributed by atoms with E-state index in [9.17, 15) is 0 Å². The van der Waals surface area contributed by atoms with Gasteiger partial charge in [0.2, 0.25) is 5.95 Å². The molecule has 8 nitrogen and oxygen atoms in total. The van der Waals surface area contributed by atoms with Crippen molar-refractivity contribution < 1.29 is 0 Å². The van der Waals surface area contributed by atoms with Crippen LogP contribution in [0.5, 0.6) is 0 Å². The summed E-state index contributed by atoms with van der Waals surface area (Å²) in [5, 5.41) is 16.0. The van der Waals surface area contributed by atoms with Crippen molar-refractivity contribution in [1.29, 1.82) is 0 Å². The standard InChI is InChI=1S/C22H32N8/c1-3-4-11-28(2)15-17-9-10-19-21(23-20-14-18(25-26-20)16-7-8-16)24-22(27-30(17)19)29-12-5-6-13-29/h9-10,14,16H,3-8,11-13,15H2,1-2H3,(H2,23,24,25,26,27). The molecular formula is C22H32N8. The van der Waals surface area contributed by atoms with Crippen molar-refractivity contribution in [3.8, 4) is 0 Å². The van der Waals surface area contributed by atoms with Crippen molar-refractivity contribution in [2.24, 2.45) is 0 Å². The zero-order valence-corrected chi connectivity index (χ0v) is 18.1. The lowest BCUT2D eigenvalue weighted by molar-refractivity contribution is 0.315. The van der Waals surface area contributed by atoms with Crippen molar-refractivity contribution in [1.82, 2.24) is 29.7 Å². The van der Waals surface area contributed by atoms with Crippen LogP contribution in [-0.4, -0.2) is 56.4 Å². The second kappa shape index (κ2) is 8.26. The van der Waals surface area contributed by atoms with E-state index in [1.54, 1.807) is 0 Å². The molecule has 0 bridgehead atoms. The highest BCUT2D eigenvalue weighted by Gasteiger charge is 2.26. The normalized spacial score (nSPS) is 16.8. The Labute approximate surface area is 177 Å². The number of aromatic nitrogens is 5. The maximum atomic E-state index is 4.93. The van der Waals surface area contributed by atoms with E-state index in [-0.39, 0.29) is 0 Å². The molecule has 0 amide bonds. The molecule has 160 valence electrons. The molecule has 0 atom stereocenters. The van der Waals surface area contributed by atoms with E-state index < -0.39 is 0 Å². The number of H-pyrrole nitrogens is 1. The molecule has 0 aromatic carbocycles. The number of nitrogens with zero attached hydrogens (tertiary/aromatic N) is 6. The van der Waals surface area contributed by atoms with E-state index in [0.29, 0.717) is 5.92 Å². The van der Waals surface area contributed by atoms with Gasteiger partial charge in [-0.25, -0.2) is 4.52 Å². The van der Waals surface area contributed by atoms with Crippen molar-refractivity contribution in [2.45, 2.75) is 57.9 Å². The molecule has 0 radical (unpaired) electrons. The fourth-order valence-electron chi connectivity index (χ4n) is 4.21. The zero-order chi connectivity index (χ0) is 20.5.